The van der Waals surface area contributed by atoms with Gasteiger partial charge in [-0.2, -0.15) is 0 Å². The molecule has 6 rings (SSSR count). The third-order valence-corrected chi connectivity index (χ3v) is 21.6. The highest BCUT2D eigenvalue weighted by molar-refractivity contribution is 6.84. The van der Waals surface area contributed by atoms with Crippen LogP contribution in [0.5, 0.6) is 11.5 Å². The van der Waals surface area contributed by atoms with Crippen LogP contribution in [0.15, 0.2) is 59.7 Å². The first-order valence-corrected chi connectivity index (χ1v) is 25.7. The average molecular weight is 727 g/mol. The van der Waals surface area contributed by atoms with E-state index in [1.54, 1.807) is 0 Å². The first-order chi connectivity index (χ1) is 23.8. The van der Waals surface area contributed by atoms with Crippen LogP contribution in [0.4, 0.5) is 0 Å². The number of ether oxygens (including phenoxy) is 2. The third kappa shape index (κ3) is 7.04. The van der Waals surface area contributed by atoms with Gasteiger partial charge in [0.1, 0.15) is 11.5 Å². The number of carbonyl (C=O) groups excluding carboxylic acids is 2. The Kier molecular flexibility index (Phi) is 10.1. The highest BCUT2D eigenvalue weighted by Crippen LogP contribution is 2.66. The van der Waals surface area contributed by atoms with Crippen molar-refractivity contribution < 1.29 is 23.2 Å². The summed E-state index contributed by atoms with van der Waals surface area (Å²) in [5, 5.41) is 0. The second-order valence-electron chi connectivity index (χ2n) is 18.8. The highest BCUT2D eigenvalue weighted by Gasteiger charge is 2.64. The van der Waals surface area contributed by atoms with Crippen LogP contribution in [0.1, 0.15) is 91.2 Å². The van der Waals surface area contributed by atoms with Crippen molar-refractivity contribution in [1.82, 2.24) is 0 Å². The van der Waals surface area contributed by atoms with Gasteiger partial charge in [-0.25, -0.2) is 0 Å². The maximum Gasteiger partial charge on any atom is 0.173 e. The fraction of sp³-hybridized carbons (Fsp3) is 0.591. The molecule has 0 saturated heterocycles. The number of hydrogen-bond donors (Lipinski definition) is 0. The SMILES string of the molecule is CC12CCC(C(=Cc3ccc(OCCC[Si](C)(C)O[Si](C)(C)CCCOc4ccc(C=C5C(=O)C6(C)CCC5C6(C)C)cc4)cc3)C1=O)C2(C)C. The summed E-state index contributed by atoms with van der Waals surface area (Å²) < 4.78 is 19.1. The predicted molar refractivity (Wildman–Crippen MR) is 214 cm³/mol. The Morgan fingerprint density at radius 2 is 0.961 bits per heavy atom. The normalized spacial score (nSPS) is 29.5. The van der Waals surface area contributed by atoms with Gasteiger partial charge in [0, 0.05) is 10.8 Å². The first-order valence-electron chi connectivity index (χ1n) is 19.5. The first kappa shape index (κ1) is 38.0. The highest BCUT2D eigenvalue weighted by atomic mass is 28.4. The number of Topliss-reactive ketones (excluding diaryl/α,β-unsaturated/α-hetero) is 2. The minimum atomic E-state index is -1.84. The Bertz CT molecular complexity index is 1570. The molecule has 0 N–H and O–H groups in total. The van der Waals surface area contributed by atoms with E-state index >= 15 is 0 Å². The van der Waals surface area contributed by atoms with Gasteiger partial charge in [0.15, 0.2) is 28.2 Å². The Labute approximate surface area is 309 Å². The summed E-state index contributed by atoms with van der Waals surface area (Å²) in [6, 6.07) is 18.6. The second kappa shape index (κ2) is 13.6. The maximum absolute atomic E-state index is 13.2. The lowest BCUT2D eigenvalue weighted by Gasteiger charge is -2.34. The molecule has 0 radical (unpaired) electrons. The van der Waals surface area contributed by atoms with Crippen molar-refractivity contribution in [1.29, 1.82) is 0 Å². The zero-order valence-electron chi connectivity index (χ0n) is 33.0. The van der Waals surface area contributed by atoms with Gasteiger partial charge in [0.25, 0.3) is 0 Å². The number of benzene rings is 2. The van der Waals surface area contributed by atoms with Crippen molar-refractivity contribution >= 4 is 40.4 Å². The number of ketones is 2. The van der Waals surface area contributed by atoms with E-state index in [1.165, 1.54) is 0 Å². The Morgan fingerprint density at radius 3 is 1.27 bits per heavy atom. The molecule has 4 saturated carbocycles. The van der Waals surface area contributed by atoms with Crippen LogP contribution in [0.3, 0.4) is 0 Å². The van der Waals surface area contributed by atoms with Gasteiger partial charge >= 0.3 is 0 Å². The van der Waals surface area contributed by atoms with Gasteiger partial charge in [-0.15, -0.1) is 0 Å². The molecule has 0 heterocycles. The molecule has 7 heteroatoms. The molecule has 4 atom stereocenters. The summed E-state index contributed by atoms with van der Waals surface area (Å²) in [6.07, 6.45) is 10.4. The standard InChI is InChI=1S/C44H62O5Si2/c1-41(2)37-21-23-43(41,5)39(45)35(37)29-31-13-17-33(18-14-31)47-25-11-27-50(7,8)49-51(9,10)28-12-26-48-34-19-15-32(16-20-34)30-36-38-22-24-44(6,40(36)46)42(38,3)4/h13-20,29-30,37-38H,11-12,21-28H2,1-10H3. The number of allylic oxidation sites excluding steroid dienone is 2. The summed E-state index contributed by atoms with van der Waals surface area (Å²) in [5.74, 6) is 3.16. The van der Waals surface area contributed by atoms with E-state index < -0.39 is 16.6 Å². The molecule has 5 nitrogen and oxygen atoms in total. The van der Waals surface area contributed by atoms with Gasteiger partial charge in [0.05, 0.1) is 13.2 Å². The summed E-state index contributed by atoms with van der Waals surface area (Å²) in [6.45, 7) is 24.1. The fourth-order valence-corrected chi connectivity index (χ4v) is 18.9. The quantitative estimate of drug-likeness (QED) is 0.110. The molecule has 51 heavy (non-hydrogen) atoms. The van der Waals surface area contributed by atoms with Crippen LogP contribution in [0.25, 0.3) is 12.2 Å². The van der Waals surface area contributed by atoms with E-state index in [0.717, 1.165) is 84.4 Å². The van der Waals surface area contributed by atoms with Crippen LogP contribution in [-0.4, -0.2) is 41.4 Å². The lowest BCUT2D eigenvalue weighted by molar-refractivity contribution is -0.126. The summed E-state index contributed by atoms with van der Waals surface area (Å²) in [4.78, 5) is 26.4. The van der Waals surface area contributed by atoms with Gasteiger partial charge in [-0.05, 0) is 158 Å². The summed E-state index contributed by atoms with van der Waals surface area (Å²) >= 11 is 0. The molecule has 276 valence electrons. The molecule has 2 aromatic rings. The fourth-order valence-electron chi connectivity index (χ4n) is 10.1. The molecular formula is C44H62O5Si2. The Morgan fingerprint density at radius 1 is 0.608 bits per heavy atom. The Balaban J connectivity index is 0.898. The smallest absolute Gasteiger partial charge is 0.173 e. The van der Waals surface area contributed by atoms with Crippen molar-refractivity contribution in [3.05, 3.63) is 70.8 Å². The molecule has 4 aliphatic rings. The van der Waals surface area contributed by atoms with Crippen LogP contribution in [0.2, 0.25) is 38.3 Å². The van der Waals surface area contributed by atoms with Crippen molar-refractivity contribution in [2.24, 2.45) is 33.5 Å². The average Bonchev–Trinajstić information content (AvgIpc) is 3.55. The number of carbonyl (C=O) groups is 2. The van der Waals surface area contributed by atoms with Gasteiger partial charge in [-0.1, -0.05) is 65.8 Å². The zero-order chi connectivity index (χ0) is 37.0. The number of fused-ring (bicyclic) bond motifs is 4. The topological polar surface area (TPSA) is 61.8 Å². The molecule has 0 aliphatic heterocycles. The van der Waals surface area contributed by atoms with E-state index in [2.05, 4.69) is 104 Å². The molecule has 2 aromatic carbocycles. The second-order valence-corrected chi connectivity index (χ2v) is 27.7. The van der Waals surface area contributed by atoms with Crippen molar-refractivity contribution in [2.75, 3.05) is 13.2 Å². The molecular weight excluding hydrogens is 665 g/mol. The van der Waals surface area contributed by atoms with Gasteiger partial charge < -0.3 is 13.6 Å². The van der Waals surface area contributed by atoms with E-state index in [-0.39, 0.29) is 21.7 Å². The molecule has 4 bridgehead atoms. The largest absolute Gasteiger partial charge is 0.494 e. The number of rotatable bonds is 14. The Hall–Kier alpha value is -2.75. The van der Waals surface area contributed by atoms with Crippen molar-refractivity contribution in [3.8, 4) is 11.5 Å². The van der Waals surface area contributed by atoms with Gasteiger partial charge in [0.2, 0.25) is 0 Å². The van der Waals surface area contributed by atoms with Crippen molar-refractivity contribution in [3.63, 3.8) is 0 Å². The van der Waals surface area contributed by atoms with Crippen molar-refractivity contribution in [2.45, 2.75) is 118 Å². The van der Waals surface area contributed by atoms with E-state index in [4.69, 9.17) is 13.6 Å². The maximum atomic E-state index is 13.2. The van der Waals surface area contributed by atoms with Gasteiger partial charge in [-0.3, -0.25) is 9.59 Å². The van der Waals surface area contributed by atoms with E-state index in [0.29, 0.717) is 36.6 Å². The van der Waals surface area contributed by atoms with E-state index in [1.807, 2.05) is 24.3 Å². The molecule has 4 unspecified atom stereocenters. The molecule has 0 amide bonds. The lowest BCUT2D eigenvalue weighted by atomic mass is 9.70. The minimum Gasteiger partial charge on any atom is -0.494 e. The zero-order valence-corrected chi connectivity index (χ0v) is 35.0. The summed E-state index contributed by atoms with van der Waals surface area (Å²) in [7, 11) is -3.67. The third-order valence-electron chi connectivity index (χ3n) is 14.1. The minimum absolute atomic E-state index is 0.0364. The monoisotopic (exact) mass is 726 g/mol. The van der Waals surface area contributed by atoms with Crippen LogP contribution >= 0.6 is 0 Å². The predicted octanol–water partition coefficient (Wildman–Crippen LogP) is 11.2. The molecule has 0 spiro atoms. The van der Waals surface area contributed by atoms with Crippen LogP contribution in [-0.2, 0) is 13.7 Å². The van der Waals surface area contributed by atoms with Crippen LogP contribution in [0, 0.1) is 33.5 Å². The molecule has 0 aromatic heterocycles. The van der Waals surface area contributed by atoms with E-state index in [9.17, 15) is 9.59 Å². The summed E-state index contributed by atoms with van der Waals surface area (Å²) in [5.41, 5.74) is 3.81. The number of hydrogen-bond acceptors (Lipinski definition) is 5. The van der Waals surface area contributed by atoms with Crippen LogP contribution < -0.4 is 9.47 Å². The molecule has 4 aliphatic carbocycles. The molecule has 4 fully saturated rings. The lowest BCUT2D eigenvalue weighted by Crippen LogP contribution is -2.44.